The maximum atomic E-state index is 11.7. The third-order valence-electron chi connectivity index (χ3n) is 2.39. The number of pyridine rings is 1. The van der Waals surface area contributed by atoms with E-state index < -0.39 is 0 Å². The molecule has 0 aromatic carbocycles. The van der Waals surface area contributed by atoms with E-state index in [1.54, 1.807) is 13.0 Å². The van der Waals surface area contributed by atoms with Gasteiger partial charge in [-0.25, -0.2) is 0 Å². The van der Waals surface area contributed by atoms with Crippen LogP contribution in [0.3, 0.4) is 0 Å². The highest BCUT2D eigenvalue weighted by molar-refractivity contribution is 5.75. The molecule has 94 valence electrons. The number of nitrogens with one attached hydrogen (secondary N) is 2. The van der Waals surface area contributed by atoms with Gasteiger partial charge in [0.2, 0.25) is 5.91 Å². The maximum Gasteiger partial charge on any atom is 0.256 e. The standard InChI is InChI=1S/C12H18N2O3/c1-4-5-11(15)13-7-9-10(17-3)6-8(2)14-12(9)16/h6H,4-5,7H2,1-3H3,(H,13,15)(H,14,16). The van der Waals surface area contributed by atoms with Crippen LogP contribution in [0, 0.1) is 6.92 Å². The molecule has 1 aromatic heterocycles. The average Bonchev–Trinajstić information content (AvgIpc) is 2.27. The summed E-state index contributed by atoms with van der Waals surface area (Å²) in [6.07, 6.45) is 1.25. The van der Waals surface area contributed by atoms with E-state index in [2.05, 4.69) is 10.3 Å². The van der Waals surface area contributed by atoms with Gasteiger partial charge in [-0.05, 0) is 19.4 Å². The number of H-pyrrole nitrogens is 1. The summed E-state index contributed by atoms with van der Waals surface area (Å²) in [7, 11) is 1.51. The van der Waals surface area contributed by atoms with Crippen LogP contribution in [0.2, 0.25) is 0 Å². The van der Waals surface area contributed by atoms with Gasteiger partial charge in [0, 0.05) is 12.1 Å². The molecular weight excluding hydrogens is 220 g/mol. The van der Waals surface area contributed by atoms with E-state index in [1.807, 2.05) is 6.92 Å². The smallest absolute Gasteiger partial charge is 0.256 e. The average molecular weight is 238 g/mol. The zero-order chi connectivity index (χ0) is 12.8. The fourth-order valence-electron chi connectivity index (χ4n) is 1.54. The van der Waals surface area contributed by atoms with Crippen molar-refractivity contribution < 1.29 is 9.53 Å². The monoisotopic (exact) mass is 238 g/mol. The number of aromatic nitrogens is 1. The molecule has 0 atom stereocenters. The molecule has 0 aliphatic rings. The van der Waals surface area contributed by atoms with Crippen LogP contribution in [0.15, 0.2) is 10.9 Å². The van der Waals surface area contributed by atoms with Gasteiger partial charge in [0.15, 0.2) is 0 Å². The van der Waals surface area contributed by atoms with Crippen LogP contribution in [-0.2, 0) is 11.3 Å². The molecule has 0 saturated carbocycles. The highest BCUT2D eigenvalue weighted by Gasteiger charge is 2.10. The molecule has 5 heteroatoms. The predicted octanol–water partition coefficient (Wildman–Crippen LogP) is 1.11. The number of hydrogen-bond donors (Lipinski definition) is 2. The highest BCUT2D eigenvalue weighted by Crippen LogP contribution is 2.14. The van der Waals surface area contributed by atoms with Gasteiger partial charge in [-0.2, -0.15) is 0 Å². The number of carbonyl (C=O) groups is 1. The first-order valence-electron chi connectivity index (χ1n) is 5.62. The summed E-state index contributed by atoms with van der Waals surface area (Å²) in [5.74, 6) is 0.442. The quantitative estimate of drug-likeness (QED) is 0.807. The second-order valence-electron chi connectivity index (χ2n) is 3.86. The van der Waals surface area contributed by atoms with Crippen molar-refractivity contribution in [2.45, 2.75) is 33.2 Å². The number of ether oxygens (including phenoxy) is 1. The highest BCUT2D eigenvalue weighted by atomic mass is 16.5. The van der Waals surface area contributed by atoms with E-state index in [-0.39, 0.29) is 18.0 Å². The maximum absolute atomic E-state index is 11.7. The lowest BCUT2D eigenvalue weighted by Gasteiger charge is -2.09. The van der Waals surface area contributed by atoms with Crippen molar-refractivity contribution in [3.8, 4) is 5.75 Å². The van der Waals surface area contributed by atoms with Crippen LogP contribution in [0.5, 0.6) is 5.75 Å². The van der Waals surface area contributed by atoms with E-state index in [1.165, 1.54) is 7.11 Å². The normalized spacial score (nSPS) is 10.1. The van der Waals surface area contributed by atoms with Crippen molar-refractivity contribution in [3.05, 3.63) is 27.7 Å². The van der Waals surface area contributed by atoms with Gasteiger partial charge >= 0.3 is 0 Å². The first-order valence-corrected chi connectivity index (χ1v) is 5.62. The predicted molar refractivity (Wildman–Crippen MR) is 65.1 cm³/mol. The largest absolute Gasteiger partial charge is 0.496 e. The van der Waals surface area contributed by atoms with Gasteiger partial charge in [0.1, 0.15) is 5.75 Å². The number of carbonyl (C=O) groups excluding carboxylic acids is 1. The van der Waals surface area contributed by atoms with Gasteiger partial charge in [0.25, 0.3) is 5.56 Å². The second-order valence-corrected chi connectivity index (χ2v) is 3.86. The van der Waals surface area contributed by atoms with E-state index in [9.17, 15) is 9.59 Å². The van der Waals surface area contributed by atoms with Crippen LogP contribution in [-0.4, -0.2) is 18.0 Å². The molecule has 0 radical (unpaired) electrons. The molecule has 0 aliphatic heterocycles. The van der Waals surface area contributed by atoms with Crippen LogP contribution >= 0.6 is 0 Å². The van der Waals surface area contributed by atoms with Crippen molar-refractivity contribution in [3.63, 3.8) is 0 Å². The Morgan fingerprint density at radius 3 is 2.82 bits per heavy atom. The Bertz CT molecular complexity index is 452. The molecule has 0 unspecified atom stereocenters. The minimum atomic E-state index is -0.223. The summed E-state index contributed by atoms with van der Waals surface area (Å²) < 4.78 is 5.13. The fourth-order valence-corrected chi connectivity index (χ4v) is 1.54. The number of amides is 1. The van der Waals surface area contributed by atoms with Gasteiger partial charge in [0.05, 0.1) is 19.2 Å². The van der Waals surface area contributed by atoms with Crippen LogP contribution in [0.25, 0.3) is 0 Å². The van der Waals surface area contributed by atoms with Gasteiger partial charge in [-0.1, -0.05) is 6.92 Å². The van der Waals surface area contributed by atoms with Crippen molar-refractivity contribution in [2.24, 2.45) is 0 Å². The van der Waals surface area contributed by atoms with E-state index in [4.69, 9.17) is 4.74 Å². The molecule has 0 saturated heterocycles. The zero-order valence-electron chi connectivity index (χ0n) is 10.4. The van der Waals surface area contributed by atoms with E-state index in [0.717, 1.165) is 12.1 Å². The van der Waals surface area contributed by atoms with Crippen LogP contribution < -0.4 is 15.6 Å². The van der Waals surface area contributed by atoms with E-state index in [0.29, 0.717) is 17.7 Å². The molecule has 0 bridgehead atoms. The SMILES string of the molecule is CCCC(=O)NCc1c(OC)cc(C)[nH]c1=O. The first-order chi connectivity index (χ1) is 8.08. The molecule has 0 aliphatic carbocycles. The Balaban J connectivity index is 2.83. The molecule has 1 amide bonds. The Morgan fingerprint density at radius 1 is 1.53 bits per heavy atom. The Hall–Kier alpha value is -1.78. The molecule has 1 rings (SSSR count). The molecule has 17 heavy (non-hydrogen) atoms. The zero-order valence-corrected chi connectivity index (χ0v) is 10.4. The fraction of sp³-hybridized carbons (Fsp3) is 0.500. The lowest BCUT2D eigenvalue weighted by Crippen LogP contribution is -2.27. The van der Waals surface area contributed by atoms with E-state index >= 15 is 0 Å². The molecule has 0 spiro atoms. The summed E-state index contributed by atoms with van der Waals surface area (Å²) in [5.41, 5.74) is 0.955. The summed E-state index contributed by atoms with van der Waals surface area (Å²) in [4.78, 5) is 25.7. The van der Waals surface area contributed by atoms with Crippen molar-refractivity contribution in [1.29, 1.82) is 0 Å². The lowest BCUT2D eigenvalue weighted by molar-refractivity contribution is -0.121. The van der Waals surface area contributed by atoms with Gasteiger partial charge in [-0.3, -0.25) is 9.59 Å². The Kier molecular flexibility index (Phi) is 4.75. The topological polar surface area (TPSA) is 71.2 Å². The minimum Gasteiger partial charge on any atom is -0.496 e. The summed E-state index contributed by atoms with van der Waals surface area (Å²) in [6.45, 7) is 3.90. The first kappa shape index (κ1) is 13.3. The number of methoxy groups -OCH3 is 1. The molecular formula is C12H18N2O3. The minimum absolute atomic E-state index is 0.0606. The number of rotatable bonds is 5. The third-order valence-corrected chi connectivity index (χ3v) is 2.39. The summed E-state index contributed by atoms with van der Waals surface area (Å²) in [6, 6.07) is 1.74. The van der Waals surface area contributed by atoms with Gasteiger partial charge < -0.3 is 15.0 Å². The summed E-state index contributed by atoms with van der Waals surface area (Å²) in [5, 5.41) is 2.70. The lowest BCUT2D eigenvalue weighted by atomic mass is 10.2. The number of aromatic amines is 1. The van der Waals surface area contributed by atoms with Crippen LogP contribution in [0.4, 0.5) is 0 Å². The molecule has 2 N–H and O–H groups in total. The summed E-state index contributed by atoms with van der Waals surface area (Å²) >= 11 is 0. The molecule has 0 fully saturated rings. The molecule has 1 heterocycles. The Morgan fingerprint density at radius 2 is 2.24 bits per heavy atom. The second kappa shape index (κ2) is 6.08. The van der Waals surface area contributed by atoms with Crippen LogP contribution in [0.1, 0.15) is 31.0 Å². The van der Waals surface area contributed by atoms with Crippen molar-refractivity contribution in [1.82, 2.24) is 10.3 Å². The van der Waals surface area contributed by atoms with Crippen molar-refractivity contribution in [2.75, 3.05) is 7.11 Å². The van der Waals surface area contributed by atoms with Gasteiger partial charge in [-0.15, -0.1) is 0 Å². The number of aryl methyl sites for hydroxylation is 1. The van der Waals surface area contributed by atoms with Crippen molar-refractivity contribution >= 4 is 5.91 Å². The number of hydrogen-bond acceptors (Lipinski definition) is 3. The molecule has 5 nitrogen and oxygen atoms in total. The third kappa shape index (κ3) is 3.62. The molecule has 1 aromatic rings. The Labute approximate surface area is 100 Å².